The van der Waals surface area contributed by atoms with Crippen molar-refractivity contribution < 1.29 is 23.8 Å². The van der Waals surface area contributed by atoms with Crippen LogP contribution < -0.4 is 0 Å². The SMILES string of the molecule is CCOP(=O)(OCC)[C@@H](O)[C@@H](O)c1ccc(Cl)cc1. The summed E-state index contributed by atoms with van der Waals surface area (Å²) in [5.41, 5.74) is 0.386. The van der Waals surface area contributed by atoms with Gasteiger partial charge in [0, 0.05) is 5.02 Å². The van der Waals surface area contributed by atoms with Gasteiger partial charge in [-0.3, -0.25) is 4.57 Å². The molecular formula is C12H18ClO5P. The molecule has 2 atom stereocenters. The van der Waals surface area contributed by atoms with Gasteiger partial charge in [0.25, 0.3) is 0 Å². The first-order valence-corrected chi connectivity index (χ1v) is 7.94. The number of aliphatic hydroxyl groups excluding tert-OH is 2. The van der Waals surface area contributed by atoms with Crippen molar-refractivity contribution in [2.75, 3.05) is 13.2 Å². The van der Waals surface area contributed by atoms with E-state index < -0.39 is 19.5 Å². The summed E-state index contributed by atoms with van der Waals surface area (Å²) in [6, 6.07) is 6.22. The average Bonchev–Trinajstić information content (AvgIpc) is 2.38. The van der Waals surface area contributed by atoms with Crippen LogP contribution in [0.1, 0.15) is 25.5 Å². The number of hydrogen-bond acceptors (Lipinski definition) is 5. The highest BCUT2D eigenvalue weighted by molar-refractivity contribution is 7.54. The number of benzene rings is 1. The molecular weight excluding hydrogens is 291 g/mol. The molecule has 0 aliphatic rings. The van der Waals surface area contributed by atoms with Crippen molar-refractivity contribution in [3.05, 3.63) is 34.9 Å². The predicted octanol–water partition coefficient (Wildman–Crippen LogP) is 2.96. The van der Waals surface area contributed by atoms with Gasteiger partial charge >= 0.3 is 7.60 Å². The molecule has 0 aliphatic heterocycles. The minimum absolute atomic E-state index is 0.113. The topological polar surface area (TPSA) is 76.0 Å². The molecule has 0 radical (unpaired) electrons. The summed E-state index contributed by atoms with van der Waals surface area (Å²) in [4.78, 5) is 0. The molecule has 1 rings (SSSR count). The lowest BCUT2D eigenvalue weighted by Crippen LogP contribution is -2.21. The summed E-state index contributed by atoms with van der Waals surface area (Å²) in [7, 11) is -3.77. The standard InChI is InChI=1S/C12H18ClO5P/c1-3-17-19(16,18-4-2)12(15)11(14)9-5-7-10(13)8-6-9/h5-8,11-12,14-15H,3-4H2,1-2H3/t11-,12+/m0/s1. The average molecular weight is 309 g/mol. The largest absolute Gasteiger partial charge is 0.385 e. The maximum absolute atomic E-state index is 12.3. The van der Waals surface area contributed by atoms with Gasteiger partial charge in [0.2, 0.25) is 0 Å². The third-order valence-electron chi connectivity index (χ3n) is 2.44. The highest BCUT2D eigenvalue weighted by Crippen LogP contribution is 2.55. The van der Waals surface area contributed by atoms with Gasteiger partial charge in [0.05, 0.1) is 13.2 Å². The van der Waals surface area contributed by atoms with Crippen molar-refractivity contribution >= 4 is 19.2 Å². The van der Waals surface area contributed by atoms with E-state index in [1.165, 1.54) is 0 Å². The zero-order valence-corrected chi connectivity index (χ0v) is 12.5. The Kier molecular flexibility index (Phi) is 6.47. The fourth-order valence-corrected chi connectivity index (χ4v) is 3.30. The molecule has 0 amide bonds. The first kappa shape index (κ1) is 16.6. The smallest absolute Gasteiger partial charge is 0.361 e. The molecule has 2 N–H and O–H groups in total. The quantitative estimate of drug-likeness (QED) is 0.757. The Labute approximate surface area is 117 Å². The zero-order valence-electron chi connectivity index (χ0n) is 10.8. The van der Waals surface area contributed by atoms with Crippen molar-refractivity contribution in [3.63, 3.8) is 0 Å². The van der Waals surface area contributed by atoms with Crippen molar-refractivity contribution in [1.82, 2.24) is 0 Å². The monoisotopic (exact) mass is 308 g/mol. The Hall–Kier alpha value is -0.420. The molecule has 19 heavy (non-hydrogen) atoms. The molecule has 0 fully saturated rings. The number of halogens is 1. The molecule has 1 aromatic rings. The molecule has 108 valence electrons. The molecule has 0 aliphatic carbocycles. The van der Waals surface area contributed by atoms with Gasteiger partial charge in [-0.25, -0.2) is 0 Å². The second-order valence-electron chi connectivity index (χ2n) is 3.79. The lowest BCUT2D eigenvalue weighted by atomic mass is 10.1. The molecule has 0 saturated carbocycles. The highest BCUT2D eigenvalue weighted by atomic mass is 35.5. The minimum Gasteiger partial charge on any atom is -0.385 e. The van der Waals surface area contributed by atoms with Crippen molar-refractivity contribution in [2.24, 2.45) is 0 Å². The highest BCUT2D eigenvalue weighted by Gasteiger charge is 2.39. The van der Waals surface area contributed by atoms with Crippen LogP contribution in [0.15, 0.2) is 24.3 Å². The van der Waals surface area contributed by atoms with E-state index in [0.717, 1.165) is 0 Å². The molecule has 0 unspecified atom stereocenters. The van der Waals surface area contributed by atoms with E-state index in [-0.39, 0.29) is 13.2 Å². The third-order valence-corrected chi connectivity index (χ3v) is 4.85. The maximum atomic E-state index is 12.3. The lowest BCUT2D eigenvalue weighted by Gasteiger charge is -2.26. The first-order chi connectivity index (χ1) is 8.94. The van der Waals surface area contributed by atoms with Gasteiger partial charge < -0.3 is 19.3 Å². The molecule has 1 aromatic carbocycles. The normalized spacial score (nSPS) is 15.2. The van der Waals surface area contributed by atoms with E-state index in [2.05, 4.69) is 0 Å². The Morgan fingerprint density at radius 1 is 1.16 bits per heavy atom. The van der Waals surface area contributed by atoms with Crippen molar-refractivity contribution in [1.29, 1.82) is 0 Å². The number of rotatable bonds is 7. The van der Waals surface area contributed by atoms with E-state index in [1.807, 2.05) is 0 Å². The molecule has 0 spiro atoms. The Morgan fingerprint density at radius 2 is 1.63 bits per heavy atom. The molecule has 0 saturated heterocycles. The third kappa shape index (κ3) is 4.28. The van der Waals surface area contributed by atoms with Crippen LogP contribution in [-0.2, 0) is 13.6 Å². The van der Waals surface area contributed by atoms with Gasteiger partial charge in [-0.15, -0.1) is 0 Å². The van der Waals surface area contributed by atoms with Gasteiger partial charge in [-0.2, -0.15) is 0 Å². The summed E-state index contributed by atoms with van der Waals surface area (Å²) < 4.78 is 22.3. The van der Waals surface area contributed by atoms with Crippen LogP contribution in [0.25, 0.3) is 0 Å². The molecule has 0 heterocycles. The summed E-state index contributed by atoms with van der Waals surface area (Å²) in [5.74, 6) is -1.64. The second kappa shape index (κ2) is 7.39. The van der Waals surface area contributed by atoms with Gasteiger partial charge in [0.1, 0.15) is 6.10 Å². The van der Waals surface area contributed by atoms with Gasteiger partial charge in [0.15, 0.2) is 5.85 Å². The Balaban J connectivity index is 2.92. The van der Waals surface area contributed by atoms with Crippen LogP contribution in [0, 0.1) is 0 Å². The van der Waals surface area contributed by atoms with E-state index in [0.29, 0.717) is 10.6 Å². The Morgan fingerprint density at radius 3 is 2.05 bits per heavy atom. The van der Waals surface area contributed by atoms with E-state index in [1.54, 1.807) is 38.1 Å². The molecule has 0 aromatic heterocycles. The predicted molar refractivity (Wildman–Crippen MR) is 73.3 cm³/mol. The maximum Gasteiger partial charge on any atom is 0.361 e. The van der Waals surface area contributed by atoms with E-state index >= 15 is 0 Å². The number of hydrogen-bond donors (Lipinski definition) is 2. The van der Waals surface area contributed by atoms with Crippen molar-refractivity contribution in [2.45, 2.75) is 25.8 Å². The zero-order chi connectivity index (χ0) is 14.5. The summed E-state index contributed by atoms with van der Waals surface area (Å²) in [6.07, 6.45) is -1.37. The van der Waals surface area contributed by atoms with Crippen LogP contribution in [-0.4, -0.2) is 29.3 Å². The van der Waals surface area contributed by atoms with E-state index in [4.69, 9.17) is 20.6 Å². The van der Waals surface area contributed by atoms with Crippen LogP contribution in [0.3, 0.4) is 0 Å². The van der Waals surface area contributed by atoms with Crippen LogP contribution in [0.2, 0.25) is 5.02 Å². The van der Waals surface area contributed by atoms with E-state index in [9.17, 15) is 14.8 Å². The minimum atomic E-state index is -3.77. The molecule has 5 nitrogen and oxygen atoms in total. The first-order valence-electron chi connectivity index (χ1n) is 5.95. The molecule has 7 heteroatoms. The van der Waals surface area contributed by atoms with Crippen molar-refractivity contribution in [3.8, 4) is 0 Å². The van der Waals surface area contributed by atoms with Gasteiger partial charge in [-0.1, -0.05) is 23.7 Å². The van der Waals surface area contributed by atoms with Crippen LogP contribution >= 0.6 is 19.2 Å². The fourth-order valence-electron chi connectivity index (χ4n) is 1.55. The summed E-state index contributed by atoms with van der Waals surface area (Å²) in [5, 5.41) is 20.6. The number of aliphatic hydroxyl groups is 2. The van der Waals surface area contributed by atoms with Crippen LogP contribution in [0.4, 0.5) is 0 Å². The Bertz CT molecular complexity index is 426. The van der Waals surface area contributed by atoms with Gasteiger partial charge in [-0.05, 0) is 31.5 Å². The summed E-state index contributed by atoms with van der Waals surface area (Å²) in [6.45, 7) is 3.49. The molecule has 0 bridgehead atoms. The van der Waals surface area contributed by atoms with Crippen LogP contribution in [0.5, 0.6) is 0 Å². The summed E-state index contributed by atoms with van der Waals surface area (Å²) >= 11 is 5.74. The lowest BCUT2D eigenvalue weighted by molar-refractivity contribution is 0.0401. The fraction of sp³-hybridized carbons (Fsp3) is 0.500. The second-order valence-corrected chi connectivity index (χ2v) is 6.35.